The van der Waals surface area contributed by atoms with E-state index in [9.17, 15) is 0 Å². The first-order chi connectivity index (χ1) is 13.5. The van der Waals surface area contributed by atoms with Gasteiger partial charge in [0.25, 0.3) is 0 Å². The number of hydrogen-bond acceptors (Lipinski definition) is 4. The second-order valence-corrected chi connectivity index (χ2v) is 7.93. The van der Waals surface area contributed by atoms with Gasteiger partial charge < -0.3 is 19.8 Å². The lowest BCUT2D eigenvalue weighted by Crippen LogP contribution is -2.50. The van der Waals surface area contributed by atoms with Crippen LogP contribution >= 0.6 is 24.0 Å². The van der Waals surface area contributed by atoms with Crippen molar-refractivity contribution in [2.75, 3.05) is 46.4 Å². The largest absolute Gasteiger partial charge is 0.374 e. The van der Waals surface area contributed by atoms with Crippen LogP contribution in [0.4, 0.5) is 0 Å². The third-order valence-corrected chi connectivity index (χ3v) is 4.97. The maximum Gasteiger partial charge on any atom is 0.191 e. The number of morpholine rings is 1. The lowest BCUT2D eigenvalue weighted by Gasteiger charge is -2.34. The molecule has 0 amide bonds. The molecule has 0 aromatic carbocycles. The summed E-state index contributed by atoms with van der Waals surface area (Å²) >= 11 is 0. The normalized spacial score (nSPS) is 18.1. The van der Waals surface area contributed by atoms with Crippen LogP contribution in [0.5, 0.6) is 0 Å². The maximum absolute atomic E-state index is 5.90. The number of fused-ring (bicyclic) bond motifs is 1. The first-order valence-electron chi connectivity index (χ1n) is 10.3. The van der Waals surface area contributed by atoms with Crippen molar-refractivity contribution in [2.45, 2.75) is 33.3 Å². The Bertz CT molecular complexity index is 791. The molecule has 2 aromatic rings. The van der Waals surface area contributed by atoms with Crippen LogP contribution in [0.2, 0.25) is 0 Å². The van der Waals surface area contributed by atoms with Crippen molar-refractivity contribution in [3.63, 3.8) is 0 Å². The Morgan fingerprint density at radius 3 is 2.93 bits per heavy atom. The Labute approximate surface area is 191 Å². The van der Waals surface area contributed by atoms with E-state index < -0.39 is 0 Å². The topological polar surface area (TPSA) is 66.2 Å². The zero-order chi connectivity index (χ0) is 19.9. The van der Waals surface area contributed by atoms with E-state index in [2.05, 4.69) is 58.0 Å². The summed E-state index contributed by atoms with van der Waals surface area (Å²) in [5.41, 5.74) is 3.30. The number of hydrogen-bond donors (Lipinski definition) is 2. The molecule has 1 atom stereocenters. The predicted octanol–water partition coefficient (Wildman–Crippen LogP) is 2.33. The molecule has 0 radical (unpaired) electrons. The fraction of sp³-hybridized carbons (Fsp3) is 0.619. The van der Waals surface area contributed by atoms with Crippen LogP contribution in [0.3, 0.4) is 0 Å². The molecule has 1 unspecified atom stereocenters. The molecule has 1 aliphatic rings. The molecule has 0 bridgehead atoms. The number of ether oxygens (including phenoxy) is 1. The number of aryl methyl sites for hydroxylation is 1. The van der Waals surface area contributed by atoms with Gasteiger partial charge in [-0.3, -0.25) is 9.89 Å². The molecular weight excluding hydrogens is 479 g/mol. The van der Waals surface area contributed by atoms with Crippen molar-refractivity contribution in [2.24, 2.45) is 10.9 Å². The van der Waals surface area contributed by atoms with E-state index in [1.165, 1.54) is 5.56 Å². The average Bonchev–Trinajstić information content (AvgIpc) is 3.09. The molecule has 2 aromatic heterocycles. The Kier molecular flexibility index (Phi) is 9.64. The molecule has 3 heterocycles. The van der Waals surface area contributed by atoms with Crippen LogP contribution in [0.15, 0.2) is 29.5 Å². The van der Waals surface area contributed by atoms with Crippen molar-refractivity contribution in [3.05, 3.63) is 35.8 Å². The van der Waals surface area contributed by atoms with Crippen molar-refractivity contribution in [3.8, 4) is 0 Å². The van der Waals surface area contributed by atoms with E-state index in [0.717, 1.165) is 63.1 Å². The van der Waals surface area contributed by atoms with Gasteiger partial charge in [0.05, 0.1) is 18.4 Å². The zero-order valence-electron chi connectivity index (χ0n) is 18.0. The predicted molar refractivity (Wildman–Crippen MR) is 129 cm³/mol. The zero-order valence-corrected chi connectivity index (χ0v) is 20.3. The molecule has 7 nitrogen and oxygen atoms in total. The summed E-state index contributed by atoms with van der Waals surface area (Å²) in [5.74, 6) is 1.49. The summed E-state index contributed by atoms with van der Waals surface area (Å²) in [6, 6.07) is 4.14. The number of imidazole rings is 1. The van der Waals surface area contributed by atoms with E-state index in [1.54, 1.807) is 7.05 Å². The highest BCUT2D eigenvalue weighted by molar-refractivity contribution is 14.0. The molecule has 0 spiro atoms. The standard InChI is InChI=1S/C21H34N6O.HI/c1-16(2)13-26-10-11-28-19(15-26)12-24-21(22-4)23-8-7-18-14-27-9-5-6-17(3)20(27)25-18;/h5-6,9,14,16,19H,7-8,10-13,15H2,1-4H3,(H2,22,23,24);1H. The number of aromatic nitrogens is 2. The molecule has 1 fully saturated rings. The molecule has 2 N–H and O–H groups in total. The summed E-state index contributed by atoms with van der Waals surface area (Å²) in [5, 5.41) is 6.78. The molecule has 1 saturated heterocycles. The Morgan fingerprint density at radius 2 is 2.21 bits per heavy atom. The van der Waals surface area contributed by atoms with Gasteiger partial charge in [-0.25, -0.2) is 4.98 Å². The fourth-order valence-electron chi connectivity index (χ4n) is 3.65. The minimum absolute atomic E-state index is 0. The maximum atomic E-state index is 5.90. The first kappa shape index (κ1) is 23.9. The van der Waals surface area contributed by atoms with Gasteiger partial charge in [0, 0.05) is 58.6 Å². The molecule has 0 saturated carbocycles. The van der Waals surface area contributed by atoms with Gasteiger partial charge in [0.2, 0.25) is 0 Å². The van der Waals surface area contributed by atoms with Crippen LogP contribution in [0.25, 0.3) is 5.65 Å². The highest BCUT2D eigenvalue weighted by atomic mass is 127. The third kappa shape index (κ3) is 7.11. The lowest BCUT2D eigenvalue weighted by molar-refractivity contribution is -0.0284. The molecule has 8 heteroatoms. The molecule has 0 aliphatic carbocycles. The SMILES string of the molecule is CN=C(NCCc1cn2cccc(C)c2n1)NCC1CN(CC(C)C)CCO1.I. The summed E-state index contributed by atoms with van der Waals surface area (Å²) in [6.45, 7) is 12.1. The van der Waals surface area contributed by atoms with Gasteiger partial charge in [-0.2, -0.15) is 0 Å². The van der Waals surface area contributed by atoms with Crippen molar-refractivity contribution in [1.29, 1.82) is 0 Å². The highest BCUT2D eigenvalue weighted by Gasteiger charge is 2.21. The van der Waals surface area contributed by atoms with Crippen LogP contribution in [-0.2, 0) is 11.2 Å². The molecule has 162 valence electrons. The fourth-order valence-corrected chi connectivity index (χ4v) is 3.65. The average molecular weight is 514 g/mol. The monoisotopic (exact) mass is 514 g/mol. The highest BCUT2D eigenvalue weighted by Crippen LogP contribution is 2.10. The number of nitrogens with zero attached hydrogens (tertiary/aromatic N) is 4. The van der Waals surface area contributed by atoms with E-state index in [-0.39, 0.29) is 30.1 Å². The number of halogens is 1. The van der Waals surface area contributed by atoms with Gasteiger partial charge in [0.15, 0.2) is 5.96 Å². The quantitative estimate of drug-likeness (QED) is 0.338. The van der Waals surface area contributed by atoms with E-state index in [4.69, 9.17) is 9.72 Å². The summed E-state index contributed by atoms with van der Waals surface area (Å²) in [4.78, 5) is 11.5. The Balaban J connectivity index is 0.00000300. The van der Waals surface area contributed by atoms with Gasteiger partial charge in [-0.1, -0.05) is 19.9 Å². The molecule has 29 heavy (non-hydrogen) atoms. The second kappa shape index (κ2) is 11.7. The van der Waals surface area contributed by atoms with Crippen molar-refractivity contribution in [1.82, 2.24) is 24.9 Å². The van der Waals surface area contributed by atoms with Gasteiger partial charge in [-0.05, 0) is 24.5 Å². The van der Waals surface area contributed by atoms with Crippen LogP contribution in [0.1, 0.15) is 25.1 Å². The number of rotatable bonds is 7. The van der Waals surface area contributed by atoms with Gasteiger partial charge >= 0.3 is 0 Å². The first-order valence-corrected chi connectivity index (χ1v) is 10.3. The lowest BCUT2D eigenvalue weighted by atomic mass is 10.2. The number of nitrogens with one attached hydrogen (secondary N) is 2. The van der Waals surface area contributed by atoms with E-state index >= 15 is 0 Å². The minimum atomic E-state index is 0. The summed E-state index contributed by atoms with van der Waals surface area (Å²) in [6.07, 6.45) is 5.19. The van der Waals surface area contributed by atoms with Crippen LogP contribution < -0.4 is 10.6 Å². The number of guanidine groups is 1. The van der Waals surface area contributed by atoms with Crippen LogP contribution in [-0.4, -0.2) is 72.7 Å². The van der Waals surface area contributed by atoms with E-state index in [1.807, 2.05) is 12.3 Å². The van der Waals surface area contributed by atoms with Crippen LogP contribution in [0, 0.1) is 12.8 Å². The third-order valence-electron chi connectivity index (χ3n) is 4.97. The van der Waals surface area contributed by atoms with E-state index in [0.29, 0.717) is 5.92 Å². The minimum Gasteiger partial charge on any atom is -0.374 e. The van der Waals surface area contributed by atoms with Crippen molar-refractivity contribution < 1.29 is 4.74 Å². The second-order valence-electron chi connectivity index (χ2n) is 7.93. The van der Waals surface area contributed by atoms with Crippen molar-refractivity contribution >= 4 is 35.6 Å². The number of pyridine rings is 1. The van der Waals surface area contributed by atoms with Gasteiger partial charge in [0.1, 0.15) is 5.65 Å². The Morgan fingerprint density at radius 1 is 1.38 bits per heavy atom. The summed E-state index contributed by atoms with van der Waals surface area (Å²) in [7, 11) is 1.80. The summed E-state index contributed by atoms with van der Waals surface area (Å²) < 4.78 is 7.99. The number of aliphatic imine (C=N–C) groups is 1. The van der Waals surface area contributed by atoms with Gasteiger partial charge in [-0.15, -0.1) is 24.0 Å². The molecule has 3 rings (SSSR count). The smallest absolute Gasteiger partial charge is 0.191 e. The molecule has 1 aliphatic heterocycles. The Hall–Kier alpha value is -1.39. The molecular formula is C21H35IN6O.